The summed E-state index contributed by atoms with van der Waals surface area (Å²) in [7, 11) is 0. The van der Waals surface area contributed by atoms with E-state index in [0.29, 0.717) is 6.54 Å². The van der Waals surface area contributed by atoms with E-state index < -0.39 is 0 Å². The number of rotatable bonds is 5. The number of ether oxygens (including phenoxy) is 1. The summed E-state index contributed by atoms with van der Waals surface area (Å²) in [5.74, 6) is -0.140. The normalized spacial score (nSPS) is 17.6. The van der Waals surface area contributed by atoms with Crippen LogP contribution in [0.3, 0.4) is 0 Å². The molecule has 1 aromatic rings. The largest absolute Gasteiger partial charge is 0.379 e. The van der Waals surface area contributed by atoms with Crippen LogP contribution in [0.4, 0.5) is 0 Å². The molecular formula is C14H21N3O3. The van der Waals surface area contributed by atoms with Gasteiger partial charge < -0.3 is 14.6 Å². The second kappa shape index (κ2) is 7.21. The fourth-order valence-electron chi connectivity index (χ4n) is 2.21. The first-order valence-corrected chi connectivity index (χ1v) is 6.91. The molecule has 1 fully saturated rings. The number of hydrogen-bond donors (Lipinski definition) is 1. The molecule has 0 unspecified atom stereocenters. The van der Waals surface area contributed by atoms with Crippen LogP contribution in [0, 0.1) is 0 Å². The van der Waals surface area contributed by atoms with Crippen molar-refractivity contribution in [2.45, 2.75) is 19.5 Å². The van der Waals surface area contributed by atoms with Gasteiger partial charge in [0.15, 0.2) is 0 Å². The molecule has 2 heterocycles. The Bertz CT molecular complexity index is 494. The maximum absolute atomic E-state index is 11.8. The smallest absolute Gasteiger partial charge is 0.250 e. The lowest BCUT2D eigenvalue weighted by molar-refractivity contribution is -0.122. The lowest BCUT2D eigenvalue weighted by Crippen LogP contribution is -2.47. The molecular weight excluding hydrogens is 258 g/mol. The van der Waals surface area contributed by atoms with Crippen molar-refractivity contribution in [2.24, 2.45) is 0 Å². The first-order chi connectivity index (χ1) is 9.66. The second-order valence-electron chi connectivity index (χ2n) is 4.97. The minimum Gasteiger partial charge on any atom is -0.379 e. The van der Waals surface area contributed by atoms with Crippen LogP contribution in [-0.4, -0.2) is 54.3 Å². The number of aromatic nitrogens is 1. The zero-order valence-corrected chi connectivity index (χ0v) is 11.7. The number of nitrogens with one attached hydrogen (secondary N) is 1. The van der Waals surface area contributed by atoms with E-state index in [4.69, 9.17) is 4.74 Å². The Morgan fingerprint density at radius 1 is 1.40 bits per heavy atom. The molecule has 6 heteroatoms. The molecule has 0 radical (unpaired) electrons. The zero-order chi connectivity index (χ0) is 14.4. The average Bonchev–Trinajstić information content (AvgIpc) is 2.48. The number of pyridine rings is 1. The Labute approximate surface area is 118 Å². The van der Waals surface area contributed by atoms with Crippen LogP contribution >= 0.6 is 0 Å². The molecule has 0 bridgehead atoms. The molecule has 0 spiro atoms. The summed E-state index contributed by atoms with van der Waals surface area (Å²) in [5, 5.41) is 2.87. The number of carbonyl (C=O) groups excluding carboxylic acids is 1. The topological polar surface area (TPSA) is 63.6 Å². The standard InChI is InChI=1S/C14H21N3O3/c1-12(16-6-8-20-9-7-16)10-15-13(18)11-17-5-3-2-4-14(17)19/h2-5,12H,6-11H2,1H3,(H,15,18)/t12-/m1/s1. The lowest BCUT2D eigenvalue weighted by atomic mass is 10.2. The van der Waals surface area contributed by atoms with Gasteiger partial charge in [0.1, 0.15) is 6.54 Å². The van der Waals surface area contributed by atoms with Crippen LogP contribution in [0.1, 0.15) is 6.92 Å². The lowest BCUT2D eigenvalue weighted by Gasteiger charge is -2.32. The van der Waals surface area contributed by atoms with E-state index in [9.17, 15) is 9.59 Å². The summed E-state index contributed by atoms with van der Waals surface area (Å²) in [6.07, 6.45) is 1.62. The molecule has 1 amide bonds. The van der Waals surface area contributed by atoms with E-state index in [1.54, 1.807) is 18.3 Å². The molecule has 0 saturated carbocycles. The number of amides is 1. The van der Waals surface area contributed by atoms with Gasteiger partial charge in [-0.3, -0.25) is 14.5 Å². The minimum atomic E-state index is -0.163. The van der Waals surface area contributed by atoms with Crippen molar-refractivity contribution < 1.29 is 9.53 Å². The molecule has 1 N–H and O–H groups in total. The van der Waals surface area contributed by atoms with Gasteiger partial charge in [-0.1, -0.05) is 6.07 Å². The summed E-state index contributed by atoms with van der Waals surface area (Å²) in [6.45, 7) is 6.02. The van der Waals surface area contributed by atoms with Crippen molar-refractivity contribution in [3.8, 4) is 0 Å². The zero-order valence-electron chi connectivity index (χ0n) is 11.7. The summed E-state index contributed by atoms with van der Waals surface area (Å²) in [4.78, 5) is 25.6. The third-order valence-corrected chi connectivity index (χ3v) is 3.48. The molecule has 0 aromatic carbocycles. The number of nitrogens with zero attached hydrogens (tertiary/aromatic N) is 2. The van der Waals surface area contributed by atoms with Crippen LogP contribution < -0.4 is 10.9 Å². The van der Waals surface area contributed by atoms with Crippen LogP contribution in [0.15, 0.2) is 29.2 Å². The maximum Gasteiger partial charge on any atom is 0.250 e. The summed E-state index contributed by atoms with van der Waals surface area (Å²) < 4.78 is 6.70. The first-order valence-electron chi connectivity index (χ1n) is 6.91. The highest BCUT2D eigenvalue weighted by molar-refractivity contribution is 5.75. The van der Waals surface area contributed by atoms with Gasteiger partial charge in [-0.05, 0) is 13.0 Å². The van der Waals surface area contributed by atoms with E-state index in [2.05, 4.69) is 17.1 Å². The van der Waals surface area contributed by atoms with Gasteiger partial charge in [-0.15, -0.1) is 0 Å². The quantitative estimate of drug-likeness (QED) is 0.803. The maximum atomic E-state index is 11.8. The summed E-state index contributed by atoms with van der Waals surface area (Å²) in [6, 6.07) is 5.13. The predicted molar refractivity (Wildman–Crippen MR) is 75.6 cm³/mol. The van der Waals surface area contributed by atoms with Crippen molar-refractivity contribution in [3.05, 3.63) is 34.7 Å². The molecule has 20 heavy (non-hydrogen) atoms. The number of hydrogen-bond acceptors (Lipinski definition) is 4. The number of morpholine rings is 1. The third kappa shape index (κ3) is 4.18. The van der Waals surface area contributed by atoms with Gasteiger partial charge in [0.05, 0.1) is 13.2 Å². The molecule has 1 saturated heterocycles. The van der Waals surface area contributed by atoms with Gasteiger partial charge in [-0.25, -0.2) is 0 Å². The third-order valence-electron chi connectivity index (χ3n) is 3.48. The van der Waals surface area contributed by atoms with Crippen LogP contribution in [0.2, 0.25) is 0 Å². The van der Waals surface area contributed by atoms with Crippen molar-refractivity contribution >= 4 is 5.91 Å². The van der Waals surface area contributed by atoms with Gasteiger partial charge in [-0.2, -0.15) is 0 Å². The second-order valence-corrected chi connectivity index (χ2v) is 4.97. The van der Waals surface area contributed by atoms with Crippen LogP contribution in [-0.2, 0) is 16.1 Å². The Balaban J connectivity index is 1.77. The Kier molecular flexibility index (Phi) is 5.31. The minimum absolute atomic E-state index is 0.0650. The highest BCUT2D eigenvalue weighted by atomic mass is 16.5. The Morgan fingerprint density at radius 3 is 2.85 bits per heavy atom. The monoisotopic (exact) mass is 279 g/mol. The molecule has 1 aromatic heterocycles. The van der Waals surface area contributed by atoms with Crippen LogP contribution in [0.5, 0.6) is 0 Å². The summed E-state index contributed by atoms with van der Waals surface area (Å²) in [5.41, 5.74) is -0.163. The van der Waals surface area contributed by atoms with Gasteiger partial charge in [0.25, 0.3) is 5.56 Å². The van der Waals surface area contributed by atoms with Crippen molar-refractivity contribution in [1.82, 2.24) is 14.8 Å². The number of carbonyl (C=O) groups is 1. The van der Waals surface area contributed by atoms with E-state index in [1.807, 2.05) is 0 Å². The SMILES string of the molecule is C[C@H](CNC(=O)Cn1ccccc1=O)N1CCOCC1. The van der Waals surface area contributed by atoms with E-state index >= 15 is 0 Å². The highest BCUT2D eigenvalue weighted by Gasteiger charge is 2.17. The molecule has 1 aliphatic rings. The fraction of sp³-hybridized carbons (Fsp3) is 0.571. The van der Waals surface area contributed by atoms with Crippen molar-refractivity contribution in [3.63, 3.8) is 0 Å². The fourth-order valence-corrected chi connectivity index (χ4v) is 2.21. The van der Waals surface area contributed by atoms with Gasteiger partial charge >= 0.3 is 0 Å². The van der Waals surface area contributed by atoms with E-state index in [-0.39, 0.29) is 24.1 Å². The molecule has 6 nitrogen and oxygen atoms in total. The Hall–Kier alpha value is -1.66. The molecule has 110 valence electrons. The van der Waals surface area contributed by atoms with Crippen molar-refractivity contribution in [2.75, 3.05) is 32.8 Å². The first kappa shape index (κ1) is 14.7. The highest BCUT2D eigenvalue weighted by Crippen LogP contribution is 2.02. The van der Waals surface area contributed by atoms with Gasteiger partial charge in [0, 0.05) is 37.9 Å². The van der Waals surface area contributed by atoms with Gasteiger partial charge in [0.2, 0.25) is 5.91 Å². The summed E-state index contributed by atoms with van der Waals surface area (Å²) >= 11 is 0. The van der Waals surface area contributed by atoms with Crippen LogP contribution in [0.25, 0.3) is 0 Å². The van der Waals surface area contributed by atoms with E-state index in [0.717, 1.165) is 26.3 Å². The average molecular weight is 279 g/mol. The molecule has 1 atom stereocenters. The molecule has 2 rings (SSSR count). The van der Waals surface area contributed by atoms with Crippen molar-refractivity contribution in [1.29, 1.82) is 0 Å². The predicted octanol–water partition coefficient (Wildman–Crippen LogP) is -0.315. The Morgan fingerprint density at radius 2 is 2.15 bits per heavy atom. The molecule has 1 aliphatic heterocycles. The molecule has 0 aliphatic carbocycles. The van der Waals surface area contributed by atoms with E-state index in [1.165, 1.54) is 10.6 Å².